The summed E-state index contributed by atoms with van der Waals surface area (Å²) in [6.07, 6.45) is 5.09. The first-order valence-electron chi connectivity index (χ1n) is 7.96. The van der Waals surface area contributed by atoms with E-state index in [0.717, 1.165) is 38.6 Å². The van der Waals surface area contributed by atoms with Gasteiger partial charge in [0.15, 0.2) is 0 Å². The van der Waals surface area contributed by atoms with Gasteiger partial charge in [0.25, 0.3) is 0 Å². The number of carbonyl (C=O) groups excluding carboxylic acids is 1. The fraction of sp³-hybridized carbons (Fsp3) is 0.933. The SMILES string of the molecule is CC1CCCN(C(=O)CN2C[C@@H]3CCCN[C@@H]3C2)C1. The third-order valence-corrected chi connectivity index (χ3v) is 5.04. The molecule has 3 atom stereocenters. The van der Waals surface area contributed by atoms with Crippen LogP contribution in [0.1, 0.15) is 32.6 Å². The summed E-state index contributed by atoms with van der Waals surface area (Å²) in [5.41, 5.74) is 0. The normalized spacial score (nSPS) is 36.3. The number of piperidine rings is 2. The first-order valence-corrected chi connectivity index (χ1v) is 7.96. The predicted octanol–water partition coefficient (Wildman–Crippen LogP) is 0.929. The summed E-state index contributed by atoms with van der Waals surface area (Å²) in [5, 5.41) is 3.60. The van der Waals surface area contributed by atoms with Gasteiger partial charge in [0.2, 0.25) is 5.91 Å². The van der Waals surface area contributed by atoms with Crippen LogP contribution in [0.15, 0.2) is 0 Å². The minimum absolute atomic E-state index is 0.352. The van der Waals surface area contributed by atoms with Crippen LogP contribution in [-0.2, 0) is 4.79 Å². The molecule has 0 radical (unpaired) electrons. The number of rotatable bonds is 2. The van der Waals surface area contributed by atoms with E-state index in [-0.39, 0.29) is 0 Å². The van der Waals surface area contributed by atoms with Crippen molar-refractivity contribution in [3.05, 3.63) is 0 Å². The molecular formula is C15H27N3O. The second-order valence-electron chi connectivity index (χ2n) is 6.74. The van der Waals surface area contributed by atoms with Gasteiger partial charge in [-0.2, -0.15) is 0 Å². The van der Waals surface area contributed by atoms with E-state index in [9.17, 15) is 4.79 Å². The highest BCUT2D eigenvalue weighted by Gasteiger charge is 2.35. The molecule has 0 aromatic heterocycles. The van der Waals surface area contributed by atoms with Gasteiger partial charge in [0.05, 0.1) is 6.54 Å². The van der Waals surface area contributed by atoms with Crippen LogP contribution in [0, 0.1) is 11.8 Å². The van der Waals surface area contributed by atoms with Gasteiger partial charge < -0.3 is 10.2 Å². The molecule has 0 bridgehead atoms. The molecule has 1 N–H and O–H groups in total. The molecule has 1 unspecified atom stereocenters. The number of carbonyl (C=O) groups is 1. The predicted molar refractivity (Wildman–Crippen MR) is 75.9 cm³/mol. The Kier molecular flexibility index (Phi) is 4.08. The summed E-state index contributed by atoms with van der Waals surface area (Å²) in [6.45, 7) is 8.19. The molecule has 19 heavy (non-hydrogen) atoms. The van der Waals surface area contributed by atoms with Gasteiger partial charge in [-0.3, -0.25) is 9.69 Å². The van der Waals surface area contributed by atoms with E-state index >= 15 is 0 Å². The summed E-state index contributed by atoms with van der Waals surface area (Å²) in [4.78, 5) is 16.8. The van der Waals surface area contributed by atoms with Crippen LogP contribution >= 0.6 is 0 Å². The molecule has 3 saturated heterocycles. The number of hydrogen-bond donors (Lipinski definition) is 1. The van der Waals surface area contributed by atoms with E-state index in [1.54, 1.807) is 0 Å². The molecule has 3 rings (SSSR count). The number of nitrogens with one attached hydrogen (secondary N) is 1. The molecule has 4 nitrogen and oxygen atoms in total. The van der Waals surface area contributed by atoms with Crippen molar-refractivity contribution in [3.8, 4) is 0 Å². The second-order valence-corrected chi connectivity index (χ2v) is 6.74. The highest BCUT2D eigenvalue weighted by Crippen LogP contribution is 2.25. The van der Waals surface area contributed by atoms with Crippen molar-refractivity contribution in [1.29, 1.82) is 0 Å². The first-order chi connectivity index (χ1) is 9.22. The summed E-state index contributed by atoms with van der Waals surface area (Å²) in [7, 11) is 0. The van der Waals surface area contributed by atoms with Crippen LogP contribution < -0.4 is 5.32 Å². The first kappa shape index (κ1) is 13.4. The number of fused-ring (bicyclic) bond motifs is 1. The van der Waals surface area contributed by atoms with Crippen LogP contribution in [0.3, 0.4) is 0 Å². The molecule has 0 aromatic rings. The Morgan fingerprint density at radius 3 is 2.89 bits per heavy atom. The quantitative estimate of drug-likeness (QED) is 0.807. The van der Waals surface area contributed by atoms with E-state index in [2.05, 4.69) is 22.0 Å². The molecule has 0 aromatic carbocycles. The molecule has 0 spiro atoms. The van der Waals surface area contributed by atoms with E-state index in [1.165, 1.54) is 25.7 Å². The van der Waals surface area contributed by atoms with Crippen LogP contribution in [0.25, 0.3) is 0 Å². The zero-order chi connectivity index (χ0) is 13.2. The Morgan fingerprint density at radius 2 is 2.11 bits per heavy atom. The monoisotopic (exact) mass is 265 g/mol. The number of hydrogen-bond acceptors (Lipinski definition) is 3. The Labute approximate surface area is 116 Å². The molecule has 3 aliphatic rings. The lowest BCUT2D eigenvalue weighted by molar-refractivity contribution is -0.133. The number of amides is 1. The van der Waals surface area contributed by atoms with E-state index in [1.807, 2.05) is 0 Å². The molecule has 4 heteroatoms. The van der Waals surface area contributed by atoms with Crippen molar-refractivity contribution in [2.75, 3.05) is 39.3 Å². The minimum atomic E-state index is 0.352. The fourth-order valence-electron chi connectivity index (χ4n) is 3.97. The Balaban J connectivity index is 1.50. The van der Waals surface area contributed by atoms with Gasteiger partial charge in [-0.05, 0) is 44.1 Å². The molecule has 0 aliphatic carbocycles. The average Bonchev–Trinajstić information content (AvgIpc) is 2.80. The van der Waals surface area contributed by atoms with Gasteiger partial charge in [-0.25, -0.2) is 0 Å². The Hall–Kier alpha value is -0.610. The summed E-state index contributed by atoms with van der Waals surface area (Å²) >= 11 is 0. The molecular weight excluding hydrogens is 238 g/mol. The molecule has 3 heterocycles. The lowest BCUT2D eigenvalue weighted by Gasteiger charge is -2.32. The molecule has 0 saturated carbocycles. The highest BCUT2D eigenvalue weighted by atomic mass is 16.2. The van der Waals surface area contributed by atoms with Crippen molar-refractivity contribution in [2.45, 2.75) is 38.6 Å². The maximum Gasteiger partial charge on any atom is 0.236 e. The lowest BCUT2D eigenvalue weighted by atomic mass is 9.94. The minimum Gasteiger partial charge on any atom is -0.341 e. The second kappa shape index (κ2) is 5.80. The lowest BCUT2D eigenvalue weighted by Crippen LogP contribution is -2.45. The van der Waals surface area contributed by atoms with Gasteiger partial charge in [0.1, 0.15) is 0 Å². The van der Waals surface area contributed by atoms with Crippen molar-refractivity contribution < 1.29 is 4.79 Å². The van der Waals surface area contributed by atoms with Crippen molar-refractivity contribution in [2.24, 2.45) is 11.8 Å². The highest BCUT2D eigenvalue weighted by molar-refractivity contribution is 5.78. The zero-order valence-electron chi connectivity index (χ0n) is 12.1. The maximum absolute atomic E-state index is 12.4. The third-order valence-electron chi connectivity index (χ3n) is 5.04. The van der Waals surface area contributed by atoms with Gasteiger partial charge in [0, 0.05) is 32.2 Å². The van der Waals surface area contributed by atoms with Gasteiger partial charge >= 0.3 is 0 Å². The van der Waals surface area contributed by atoms with E-state index in [4.69, 9.17) is 0 Å². The maximum atomic E-state index is 12.4. The topological polar surface area (TPSA) is 35.6 Å². The Bertz CT molecular complexity index is 319. The summed E-state index contributed by atoms with van der Waals surface area (Å²) in [5.74, 6) is 1.81. The van der Waals surface area contributed by atoms with Crippen molar-refractivity contribution in [1.82, 2.24) is 15.1 Å². The van der Waals surface area contributed by atoms with Gasteiger partial charge in [-0.1, -0.05) is 6.92 Å². The smallest absolute Gasteiger partial charge is 0.236 e. The fourth-order valence-corrected chi connectivity index (χ4v) is 3.97. The standard InChI is InChI=1S/C15H27N3O/c1-12-4-3-7-18(8-12)15(19)11-17-9-13-5-2-6-16-14(13)10-17/h12-14,16H,2-11H2,1H3/t12?,13-,14+/m0/s1. The molecule has 108 valence electrons. The Morgan fingerprint density at radius 1 is 1.21 bits per heavy atom. The van der Waals surface area contributed by atoms with E-state index in [0.29, 0.717) is 24.4 Å². The third kappa shape index (κ3) is 3.11. The number of nitrogens with zero attached hydrogens (tertiary/aromatic N) is 2. The zero-order valence-corrected chi connectivity index (χ0v) is 12.1. The van der Waals surface area contributed by atoms with E-state index < -0.39 is 0 Å². The molecule has 3 aliphatic heterocycles. The van der Waals surface area contributed by atoms with Crippen LogP contribution in [0.5, 0.6) is 0 Å². The molecule has 1 amide bonds. The van der Waals surface area contributed by atoms with Crippen molar-refractivity contribution >= 4 is 5.91 Å². The average molecular weight is 265 g/mol. The summed E-state index contributed by atoms with van der Waals surface area (Å²) < 4.78 is 0. The largest absolute Gasteiger partial charge is 0.341 e. The number of likely N-dealkylation sites (tertiary alicyclic amines) is 2. The van der Waals surface area contributed by atoms with Gasteiger partial charge in [-0.15, -0.1) is 0 Å². The molecule has 3 fully saturated rings. The van der Waals surface area contributed by atoms with Crippen molar-refractivity contribution in [3.63, 3.8) is 0 Å². The summed E-state index contributed by atoms with van der Waals surface area (Å²) in [6, 6.07) is 0.641. The van der Waals surface area contributed by atoms with Crippen LogP contribution in [0.2, 0.25) is 0 Å². The van der Waals surface area contributed by atoms with Crippen LogP contribution in [0.4, 0.5) is 0 Å². The van der Waals surface area contributed by atoms with Crippen LogP contribution in [-0.4, -0.2) is 61.0 Å².